The number of thioether (sulfide) groups is 1. The number of ketones is 1. The molecule has 25 heavy (non-hydrogen) atoms. The molecule has 0 radical (unpaired) electrons. The Morgan fingerprint density at radius 2 is 1.96 bits per heavy atom. The lowest BCUT2D eigenvalue weighted by Gasteiger charge is -2.45. The number of hydrogen-bond acceptors (Lipinski definition) is 6. The number of carbonyl (C=O) groups excluding carboxylic acids is 2. The van der Waals surface area contributed by atoms with E-state index in [2.05, 4.69) is 0 Å². The number of aliphatic hydroxyl groups excluding tert-OH is 1. The van der Waals surface area contributed by atoms with Crippen LogP contribution in [0, 0.1) is 5.92 Å². The van der Waals surface area contributed by atoms with Crippen LogP contribution in [0.2, 0.25) is 0 Å². The molecule has 2 saturated heterocycles. The maximum atomic E-state index is 12.6. The summed E-state index contributed by atoms with van der Waals surface area (Å²) < 4.78 is 4.43. The monoisotopic (exact) mass is 365 g/mol. The van der Waals surface area contributed by atoms with Crippen molar-refractivity contribution in [3.63, 3.8) is 0 Å². The van der Waals surface area contributed by atoms with E-state index in [4.69, 9.17) is 4.74 Å². The third-order valence-electron chi connectivity index (χ3n) is 4.70. The molecule has 1 aromatic carbocycles. The van der Waals surface area contributed by atoms with Gasteiger partial charge in [0, 0.05) is 4.75 Å². The van der Waals surface area contributed by atoms with Crippen LogP contribution in [0.3, 0.4) is 0 Å². The Bertz CT molecular complexity index is 748. The van der Waals surface area contributed by atoms with Gasteiger partial charge in [-0.1, -0.05) is 12.1 Å². The zero-order valence-electron chi connectivity index (χ0n) is 14.0. The number of amides is 1. The molecule has 134 valence electrons. The van der Waals surface area contributed by atoms with Crippen LogP contribution in [0.1, 0.15) is 24.2 Å². The quantitative estimate of drug-likeness (QED) is 0.592. The van der Waals surface area contributed by atoms with Gasteiger partial charge in [-0.2, -0.15) is 0 Å². The Morgan fingerprint density at radius 3 is 2.56 bits per heavy atom. The number of β-lactam (4-membered cyclic amide) rings is 1. The minimum absolute atomic E-state index is 0.195. The summed E-state index contributed by atoms with van der Waals surface area (Å²) in [6.07, 6.45) is -1.54. The van der Waals surface area contributed by atoms with Crippen molar-refractivity contribution < 1.29 is 29.3 Å². The topological polar surface area (TPSA) is 104 Å². The van der Waals surface area contributed by atoms with Crippen LogP contribution in [0.15, 0.2) is 24.3 Å². The Morgan fingerprint density at radius 1 is 1.32 bits per heavy atom. The first-order valence-electron chi connectivity index (χ1n) is 7.79. The summed E-state index contributed by atoms with van der Waals surface area (Å²) in [6.45, 7) is 3.49. The average molecular weight is 365 g/mol. The fourth-order valence-corrected chi connectivity index (χ4v) is 5.22. The number of carbonyl (C=O) groups is 3. The molecule has 2 heterocycles. The molecule has 0 saturated carbocycles. The summed E-state index contributed by atoms with van der Waals surface area (Å²) in [5.41, 5.74) is 0.195. The van der Waals surface area contributed by atoms with E-state index in [1.165, 1.54) is 29.8 Å². The number of rotatable bonds is 5. The molecule has 1 amide bonds. The van der Waals surface area contributed by atoms with Crippen molar-refractivity contribution in [2.75, 3.05) is 7.11 Å². The number of nitrogens with zero attached hydrogens (tertiary/aromatic N) is 1. The van der Waals surface area contributed by atoms with Gasteiger partial charge in [0.05, 0.1) is 18.0 Å². The van der Waals surface area contributed by atoms with Gasteiger partial charge >= 0.3 is 5.97 Å². The second-order valence-electron chi connectivity index (χ2n) is 6.63. The Balaban J connectivity index is 1.85. The standard InChI is InChI=1S/C17H19NO6S/c1-17(2)13(16(22)23)18-14(21)10(15(18)25-17)12(20)11(19)8-6-4-5-7-9(8)24-3/h4-7,10,12-13,15,20H,1-3H3,(H,22,23)/t10-,12+,13+,15-/m1/s1. The molecule has 2 fully saturated rings. The number of aliphatic hydroxyl groups is 1. The van der Waals surface area contributed by atoms with E-state index in [-0.39, 0.29) is 5.56 Å². The Kier molecular flexibility index (Phi) is 4.28. The molecule has 7 nitrogen and oxygen atoms in total. The number of aliphatic carboxylic acids is 1. The number of carboxylic acids is 1. The zero-order valence-corrected chi connectivity index (χ0v) is 14.8. The van der Waals surface area contributed by atoms with Crippen molar-refractivity contribution in [2.45, 2.75) is 36.1 Å². The number of hydrogen-bond donors (Lipinski definition) is 2. The van der Waals surface area contributed by atoms with Crippen molar-refractivity contribution in [3.8, 4) is 5.75 Å². The lowest BCUT2D eigenvalue weighted by molar-refractivity contribution is -0.167. The number of fused-ring (bicyclic) bond motifs is 1. The smallest absolute Gasteiger partial charge is 0.327 e. The van der Waals surface area contributed by atoms with Gasteiger partial charge in [-0.05, 0) is 26.0 Å². The molecule has 0 aliphatic carbocycles. The van der Waals surface area contributed by atoms with Gasteiger partial charge in [0.1, 0.15) is 23.8 Å². The summed E-state index contributed by atoms with van der Waals surface area (Å²) in [7, 11) is 1.42. The van der Waals surface area contributed by atoms with Crippen LogP contribution >= 0.6 is 11.8 Å². The van der Waals surface area contributed by atoms with Crippen molar-refractivity contribution in [1.29, 1.82) is 0 Å². The van der Waals surface area contributed by atoms with Gasteiger partial charge < -0.3 is 19.8 Å². The summed E-state index contributed by atoms with van der Waals surface area (Å²) in [6, 6.07) is 5.50. The van der Waals surface area contributed by atoms with Crippen LogP contribution in [-0.2, 0) is 9.59 Å². The maximum Gasteiger partial charge on any atom is 0.327 e. The molecule has 0 bridgehead atoms. The predicted octanol–water partition coefficient (Wildman–Crippen LogP) is 1.00. The third-order valence-corrected chi connectivity index (χ3v) is 6.29. The first-order valence-corrected chi connectivity index (χ1v) is 8.66. The Hall–Kier alpha value is -2.06. The van der Waals surface area contributed by atoms with Gasteiger partial charge in [0.25, 0.3) is 0 Å². The molecule has 0 aromatic heterocycles. The molecule has 0 unspecified atom stereocenters. The maximum absolute atomic E-state index is 12.6. The van der Waals surface area contributed by atoms with Crippen molar-refractivity contribution in [1.82, 2.24) is 4.90 Å². The first kappa shape index (κ1) is 17.8. The number of benzene rings is 1. The van der Waals surface area contributed by atoms with E-state index in [1.54, 1.807) is 32.0 Å². The molecular weight excluding hydrogens is 346 g/mol. The highest BCUT2D eigenvalue weighted by molar-refractivity contribution is 8.01. The second-order valence-corrected chi connectivity index (χ2v) is 8.40. The molecule has 2 aliphatic heterocycles. The lowest BCUT2D eigenvalue weighted by atomic mass is 9.84. The predicted molar refractivity (Wildman–Crippen MR) is 90.5 cm³/mol. The molecular formula is C17H19NO6S. The second kappa shape index (κ2) is 6.03. The molecule has 1 aromatic rings. The van der Waals surface area contributed by atoms with Crippen molar-refractivity contribution >= 4 is 29.4 Å². The number of Topliss-reactive ketones (excluding diaryl/α,β-unsaturated/α-hetero) is 1. The van der Waals surface area contributed by atoms with E-state index >= 15 is 0 Å². The number of carboxylic acid groups (broad SMARTS) is 1. The third kappa shape index (κ3) is 2.60. The number of ether oxygens (including phenoxy) is 1. The minimum Gasteiger partial charge on any atom is -0.496 e. The van der Waals surface area contributed by atoms with E-state index < -0.39 is 45.8 Å². The van der Waals surface area contributed by atoms with Gasteiger partial charge in [-0.25, -0.2) is 4.79 Å². The summed E-state index contributed by atoms with van der Waals surface area (Å²) in [4.78, 5) is 37.9. The fourth-order valence-electron chi connectivity index (χ4n) is 3.50. The van der Waals surface area contributed by atoms with Crippen LogP contribution in [0.4, 0.5) is 0 Å². The first-order chi connectivity index (χ1) is 11.7. The van der Waals surface area contributed by atoms with Crippen molar-refractivity contribution in [3.05, 3.63) is 29.8 Å². The lowest BCUT2D eigenvalue weighted by Crippen LogP contribution is -2.66. The normalized spacial score (nSPS) is 28.1. The van der Waals surface area contributed by atoms with Gasteiger partial charge in [-0.15, -0.1) is 11.8 Å². The summed E-state index contributed by atoms with van der Waals surface area (Å²) in [5, 5.41) is 19.4. The molecule has 8 heteroatoms. The number of methoxy groups -OCH3 is 1. The van der Waals surface area contributed by atoms with E-state index in [1.807, 2.05) is 0 Å². The van der Waals surface area contributed by atoms with Crippen LogP contribution in [0.5, 0.6) is 5.75 Å². The molecule has 0 spiro atoms. The van der Waals surface area contributed by atoms with Crippen LogP contribution in [-0.4, -0.2) is 62.1 Å². The molecule has 2 aliphatic rings. The van der Waals surface area contributed by atoms with E-state index in [0.29, 0.717) is 5.75 Å². The average Bonchev–Trinajstić information content (AvgIpc) is 2.81. The van der Waals surface area contributed by atoms with E-state index in [9.17, 15) is 24.6 Å². The van der Waals surface area contributed by atoms with Crippen LogP contribution in [0.25, 0.3) is 0 Å². The van der Waals surface area contributed by atoms with Gasteiger partial charge in [-0.3, -0.25) is 9.59 Å². The van der Waals surface area contributed by atoms with E-state index in [0.717, 1.165) is 0 Å². The van der Waals surface area contributed by atoms with Gasteiger partial charge in [0.2, 0.25) is 5.91 Å². The molecule has 2 N–H and O–H groups in total. The number of para-hydroxylation sites is 1. The molecule has 3 rings (SSSR count). The summed E-state index contributed by atoms with van der Waals surface area (Å²) in [5.74, 6) is -2.83. The highest BCUT2D eigenvalue weighted by atomic mass is 32.2. The zero-order chi connectivity index (χ0) is 18.5. The van der Waals surface area contributed by atoms with Crippen molar-refractivity contribution in [2.24, 2.45) is 5.92 Å². The highest BCUT2D eigenvalue weighted by Crippen LogP contribution is 2.54. The molecule has 4 atom stereocenters. The minimum atomic E-state index is -1.54. The summed E-state index contributed by atoms with van der Waals surface area (Å²) >= 11 is 1.30. The highest BCUT2D eigenvalue weighted by Gasteiger charge is 2.66. The largest absolute Gasteiger partial charge is 0.496 e. The Labute approximate surface area is 149 Å². The van der Waals surface area contributed by atoms with Gasteiger partial charge in [0.15, 0.2) is 5.78 Å². The van der Waals surface area contributed by atoms with Crippen LogP contribution < -0.4 is 4.74 Å². The SMILES string of the molecule is COc1ccccc1C(=O)[C@@H](O)[C@@H]1C(=O)N2[C@@H]1SC(C)(C)[C@@H]2C(=O)O. The fraction of sp³-hybridized carbons (Fsp3) is 0.471.